The van der Waals surface area contributed by atoms with Crippen LogP contribution in [-0.2, 0) is 0 Å². The van der Waals surface area contributed by atoms with E-state index in [0.29, 0.717) is 15.0 Å². The zero-order chi connectivity index (χ0) is 12.1. The van der Waals surface area contributed by atoms with E-state index in [-0.39, 0.29) is 5.78 Å². The molecule has 0 aliphatic carbocycles. The first-order valence-electron chi connectivity index (χ1n) is 5.04. The van der Waals surface area contributed by atoms with E-state index in [9.17, 15) is 4.79 Å². The molecule has 0 saturated carbocycles. The van der Waals surface area contributed by atoms with Gasteiger partial charge in [0, 0.05) is 0 Å². The van der Waals surface area contributed by atoms with Gasteiger partial charge < -0.3 is 0 Å². The topological polar surface area (TPSA) is 17.1 Å². The van der Waals surface area contributed by atoms with E-state index in [1.54, 1.807) is 11.3 Å². The average molecular weight is 305 g/mol. The Hall–Kier alpha value is -1.33. The Labute approximate surface area is 111 Å². The van der Waals surface area contributed by atoms with Gasteiger partial charge in [-0.1, -0.05) is 0 Å². The zero-order valence-corrected chi connectivity index (χ0v) is 11.8. The zero-order valence-electron chi connectivity index (χ0n) is 9.27. The van der Waals surface area contributed by atoms with Crippen molar-refractivity contribution in [1.82, 2.24) is 0 Å². The molecule has 0 aliphatic rings. The van der Waals surface area contributed by atoms with Crippen LogP contribution in [0.15, 0.2) is 41.8 Å². The van der Waals surface area contributed by atoms with E-state index in [1.807, 2.05) is 41.8 Å². The summed E-state index contributed by atoms with van der Waals surface area (Å²) >= 11 is 1.86. The van der Waals surface area contributed by atoms with Crippen molar-refractivity contribution in [2.24, 2.45) is 0 Å². The molecule has 0 fully saturated rings. The number of hydrogen-bond donors (Lipinski definition) is 0. The third kappa shape index (κ3) is 3.08. The Balaban J connectivity index is 2.26. The van der Waals surface area contributed by atoms with Crippen molar-refractivity contribution in [3.05, 3.63) is 52.2 Å². The molecule has 17 heavy (non-hydrogen) atoms. The number of Topliss-reactive ketones (excluding diaryl/α,β-unsaturated/α-hetero) is 1. The molecule has 3 heteroatoms. The molecule has 0 radical (unpaired) electrons. The summed E-state index contributed by atoms with van der Waals surface area (Å²) in [7, 11) is 0. The van der Waals surface area contributed by atoms with Gasteiger partial charge in [0.1, 0.15) is 0 Å². The van der Waals surface area contributed by atoms with Crippen molar-refractivity contribution in [2.75, 3.05) is 0 Å². The number of hydrogen-bond acceptors (Lipinski definition) is 2. The van der Waals surface area contributed by atoms with Crippen LogP contribution >= 0.6 is 11.3 Å². The Bertz CT molecular complexity index is 576. The molecule has 0 bridgehead atoms. The summed E-state index contributed by atoms with van der Waals surface area (Å²) in [5.74, 6) is 7.63. The monoisotopic (exact) mass is 306 g/mol. The van der Waals surface area contributed by atoms with Crippen molar-refractivity contribution >= 4 is 36.5 Å². The first-order chi connectivity index (χ1) is 8.31. The molecule has 2 aromatic rings. The summed E-state index contributed by atoms with van der Waals surface area (Å²) in [6, 6.07) is 11.5. The molecule has 0 amide bonds. The second-order valence-corrected chi connectivity index (χ2v) is 5.98. The third-order valence-electron chi connectivity index (χ3n) is 2.17. The van der Waals surface area contributed by atoms with Crippen molar-refractivity contribution in [2.45, 2.75) is 5.82 Å². The first kappa shape index (κ1) is 12.1. The minimum atomic E-state index is -0.0854. The van der Waals surface area contributed by atoms with Crippen LogP contribution in [0.2, 0.25) is 5.82 Å². The van der Waals surface area contributed by atoms with Crippen molar-refractivity contribution < 1.29 is 4.79 Å². The van der Waals surface area contributed by atoms with E-state index in [2.05, 4.69) is 17.7 Å². The molecular formula is C14H10OSSe. The summed E-state index contributed by atoms with van der Waals surface area (Å²) in [6.07, 6.45) is 0. The number of rotatable bonds is 2. The van der Waals surface area contributed by atoms with Gasteiger partial charge in [0.25, 0.3) is 0 Å². The summed E-state index contributed by atoms with van der Waals surface area (Å²) < 4.78 is 1.12. The maximum absolute atomic E-state index is 12.0. The molecule has 0 N–H and O–H groups in total. The normalized spacial score (nSPS) is 9.47. The fourth-order valence-electron chi connectivity index (χ4n) is 1.37. The van der Waals surface area contributed by atoms with Gasteiger partial charge in [0.05, 0.1) is 0 Å². The first-order valence-corrected chi connectivity index (χ1v) is 8.49. The third-order valence-corrected chi connectivity index (χ3v) is 4.63. The Morgan fingerprint density at radius 3 is 2.76 bits per heavy atom. The molecule has 1 nitrogen and oxygen atoms in total. The molecule has 1 aromatic heterocycles. The van der Waals surface area contributed by atoms with Crippen molar-refractivity contribution in [1.29, 1.82) is 0 Å². The van der Waals surface area contributed by atoms with E-state index < -0.39 is 0 Å². The number of benzene rings is 1. The van der Waals surface area contributed by atoms with Gasteiger partial charge in [0.2, 0.25) is 0 Å². The van der Waals surface area contributed by atoms with Gasteiger partial charge in [-0.05, 0) is 0 Å². The van der Waals surface area contributed by atoms with Crippen LogP contribution in [0, 0.1) is 11.8 Å². The van der Waals surface area contributed by atoms with Crippen molar-refractivity contribution in [3.8, 4) is 11.8 Å². The molecule has 0 atom stereocenters. The molecule has 2 rings (SSSR count). The van der Waals surface area contributed by atoms with Crippen LogP contribution in [0.25, 0.3) is 0 Å². The predicted octanol–water partition coefficient (Wildman–Crippen LogP) is 2.36. The van der Waals surface area contributed by atoms with Crippen LogP contribution in [0.3, 0.4) is 0 Å². The molecular weight excluding hydrogens is 295 g/mol. The van der Waals surface area contributed by atoms with Gasteiger partial charge in [0.15, 0.2) is 0 Å². The Morgan fingerprint density at radius 2 is 2.06 bits per heavy atom. The van der Waals surface area contributed by atoms with E-state index >= 15 is 0 Å². The predicted molar refractivity (Wildman–Crippen MR) is 73.2 cm³/mol. The van der Waals surface area contributed by atoms with Crippen LogP contribution < -0.4 is 4.46 Å². The van der Waals surface area contributed by atoms with Crippen LogP contribution in [0.5, 0.6) is 0 Å². The van der Waals surface area contributed by atoms with E-state index in [1.165, 1.54) is 0 Å². The Morgan fingerprint density at radius 1 is 1.24 bits per heavy atom. The molecule has 0 unspecified atom stereocenters. The van der Waals surface area contributed by atoms with Crippen LogP contribution in [-0.4, -0.2) is 20.7 Å². The summed E-state index contributed by atoms with van der Waals surface area (Å²) in [5, 5.41) is 1.96. The van der Waals surface area contributed by atoms with Gasteiger partial charge in [-0.2, -0.15) is 0 Å². The van der Waals surface area contributed by atoms with Gasteiger partial charge in [-0.3, -0.25) is 0 Å². The summed E-state index contributed by atoms with van der Waals surface area (Å²) in [6.45, 7) is 0. The number of carbonyl (C=O) groups excluding carboxylic acids is 1. The summed E-state index contributed by atoms with van der Waals surface area (Å²) in [4.78, 5) is 12.9. The average Bonchev–Trinajstić information content (AvgIpc) is 2.89. The molecule has 0 aliphatic heterocycles. The van der Waals surface area contributed by atoms with Crippen molar-refractivity contribution in [3.63, 3.8) is 0 Å². The quantitative estimate of drug-likeness (QED) is 0.473. The Kier molecular flexibility index (Phi) is 4.17. The van der Waals surface area contributed by atoms with E-state index in [0.717, 1.165) is 14.9 Å². The molecule has 0 spiro atoms. The molecule has 84 valence electrons. The maximum atomic E-state index is 12.0. The standard InChI is InChI=1S/C14H10OSSe/c1-17-14-7-3-2-6-12(14)13(15)9-8-11-5-4-10-16-11/h2-7,10H,1H3. The SMILES string of the molecule is C[Se]c1ccccc1C(=O)C#Cc1cccs1. The van der Waals surface area contributed by atoms with Gasteiger partial charge >= 0.3 is 111 Å². The second kappa shape index (κ2) is 5.84. The number of carbonyl (C=O) groups is 1. The molecule has 1 aromatic carbocycles. The fraction of sp³-hybridized carbons (Fsp3) is 0.0714. The number of ketones is 1. The van der Waals surface area contributed by atoms with Crippen LogP contribution in [0.4, 0.5) is 0 Å². The van der Waals surface area contributed by atoms with E-state index in [4.69, 9.17) is 0 Å². The van der Waals surface area contributed by atoms with Gasteiger partial charge in [-0.15, -0.1) is 0 Å². The number of thiophene rings is 1. The second-order valence-electron chi connectivity index (χ2n) is 3.26. The fourth-order valence-corrected chi connectivity index (χ4v) is 3.19. The van der Waals surface area contributed by atoms with Gasteiger partial charge in [-0.25, -0.2) is 0 Å². The molecule has 0 saturated heterocycles. The molecule has 1 heterocycles. The van der Waals surface area contributed by atoms with Crippen LogP contribution in [0.1, 0.15) is 15.2 Å². The minimum absolute atomic E-state index is 0.0854. The summed E-state index contributed by atoms with van der Waals surface area (Å²) in [5.41, 5.74) is 0.749.